The molecule has 21 heavy (non-hydrogen) atoms. The number of aryl methyl sites for hydroxylation is 1. The molecule has 0 saturated heterocycles. The summed E-state index contributed by atoms with van der Waals surface area (Å²) in [5.41, 5.74) is 2.94. The topological polar surface area (TPSA) is 47.0 Å². The first-order valence-corrected chi connectivity index (χ1v) is 7.79. The number of aromatic nitrogens is 2. The molecule has 0 bridgehead atoms. The predicted octanol–water partition coefficient (Wildman–Crippen LogP) is 4.35. The van der Waals surface area contributed by atoms with Crippen molar-refractivity contribution in [1.82, 2.24) is 9.97 Å². The van der Waals surface area contributed by atoms with Crippen LogP contribution in [0.4, 0.5) is 5.82 Å². The van der Waals surface area contributed by atoms with Crippen molar-refractivity contribution in [3.8, 4) is 17.1 Å². The van der Waals surface area contributed by atoms with Crippen LogP contribution < -0.4 is 10.1 Å². The van der Waals surface area contributed by atoms with E-state index < -0.39 is 0 Å². The van der Waals surface area contributed by atoms with Crippen molar-refractivity contribution in [3.63, 3.8) is 0 Å². The van der Waals surface area contributed by atoms with Gasteiger partial charge in [0.25, 0.3) is 0 Å². The van der Waals surface area contributed by atoms with E-state index in [-0.39, 0.29) is 0 Å². The van der Waals surface area contributed by atoms with E-state index >= 15 is 0 Å². The maximum atomic E-state index is 5.42. The Kier molecular flexibility index (Phi) is 5.17. The second-order valence-electron chi connectivity index (χ2n) is 4.88. The van der Waals surface area contributed by atoms with Gasteiger partial charge in [-0.1, -0.05) is 22.9 Å². The Balaban J connectivity index is 2.53. The fraction of sp³-hybridized carbons (Fsp3) is 0.375. The highest BCUT2D eigenvalue weighted by molar-refractivity contribution is 9.10. The molecular formula is C16H20BrN3O. The van der Waals surface area contributed by atoms with Crippen molar-refractivity contribution >= 4 is 21.7 Å². The van der Waals surface area contributed by atoms with Gasteiger partial charge in [0.05, 0.1) is 12.7 Å². The van der Waals surface area contributed by atoms with Crippen molar-refractivity contribution in [2.75, 3.05) is 19.0 Å². The molecule has 0 amide bonds. The third kappa shape index (κ3) is 3.53. The molecule has 1 aromatic heterocycles. The molecule has 0 saturated carbocycles. The van der Waals surface area contributed by atoms with Crippen molar-refractivity contribution in [2.24, 2.45) is 0 Å². The first-order valence-electron chi connectivity index (χ1n) is 6.99. The fourth-order valence-electron chi connectivity index (χ4n) is 2.02. The van der Waals surface area contributed by atoms with Gasteiger partial charge in [-0.3, -0.25) is 0 Å². The van der Waals surface area contributed by atoms with Crippen molar-refractivity contribution in [1.29, 1.82) is 0 Å². The van der Waals surface area contributed by atoms with Gasteiger partial charge in [-0.15, -0.1) is 0 Å². The zero-order chi connectivity index (χ0) is 15.4. The van der Waals surface area contributed by atoms with Gasteiger partial charge < -0.3 is 10.1 Å². The van der Waals surface area contributed by atoms with Gasteiger partial charge in [0.1, 0.15) is 11.6 Å². The van der Waals surface area contributed by atoms with Crippen LogP contribution in [-0.2, 0) is 0 Å². The minimum absolute atomic E-state index is 0.676. The van der Waals surface area contributed by atoms with Crippen molar-refractivity contribution in [2.45, 2.75) is 27.2 Å². The summed E-state index contributed by atoms with van der Waals surface area (Å²) in [6, 6.07) is 5.84. The third-order valence-electron chi connectivity index (χ3n) is 3.33. The SMILES string of the molecule is CCCNc1nc(-c2cc(Br)ccc2OC)nc(C)c1C. The second kappa shape index (κ2) is 6.89. The summed E-state index contributed by atoms with van der Waals surface area (Å²) < 4.78 is 6.40. The molecule has 0 radical (unpaired) electrons. The zero-order valence-electron chi connectivity index (χ0n) is 12.8. The molecule has 2 rings (SSSR count). The van der Waals surface area contributed by atoms with Crippen LogP contribution in [0.2, 0.25) is 0 Å². The Morgan fingerprint density at radius 1 is 1.24 bits per heavy atom. The summed E-state index contributed by atoms with van der Waals surface area (Å²) in [5, 5.41) is 3.36. The lowest BCUT2D eigenvalue weighted by molar-refractivity contribution is 0.416. The molecule has 2 aromatic rings. The first-order chi connectivity index (χ1) is 10.1. The average Bonchev–Trinajstić information content (AvgIpc) is 2.48. The molecule has 1 N–H and O–H groups in total. The van der Waals surface area contributed by atoms with Gasteiger partial charge in [0, 0.05) is 22.3 Å². The van der Waals surface area contributed by atoms with E-state index in [2.05, 4.69) is 38.1 Å². The van der Waals surface area contributed by atoms with Crippen LogP contribution in [0, 0.1) is 13.8 Å². The summed E-state index contributed by atoms with van der Waals surface area (Å²) in [6.45, 7) is 7.07. The van der Waals surface area contributed by atoms with Gasteiger partial charge in [0.15, 0.2) is 5.82 Å². The summed E-state index contributed by atoms with van der Waals surface area (Å²) in [6.07, 6.45) is 1.05. The molecular weight excluding hydrogens is 330 g/mol. The number of nitrogens with zero attached hydrogens (tertiary/aromatic N) is 2. The number of anilines is 1. The number of methoxy groups -OCH3 is 1. The van der Waals surface area contributed by atoms with E-state index in [1.807, 2.05) is 32.0 Å². The molecule has 1 aromatic carbocycles. The highest BCUT2D eigenvalue weighted by atomic mass is 79.9. The summed E-state index contributed by atoms with van der Waals surface area (Å²) >= 11 is 3.49. The minimum atomic E-state index is 0.676. The standard InChI is InChI=1S/C16H20BrN3O/c1-5-8-18-15-10(2)11(3)19-16(20-15)13-9-12(17)6-7-14(13)21-4/h6-7,9H,5,8H2,1-4H3,(H,18,19,20). The summed E-state index contributed by atoms with van der Waals surface area (Å²) in [7, 11) is 1.66. The van der Waals surface area contributed by atoms with E-state index in [0.717, 1.165) is 45.8 Å². The zero-order valence-corrected chi connectivity index (χ0v) is 14.4. The van der Waals surface area contributed by atoms with Crippen LogP contribution in [0.5, 0.6) is 5.75 Å². The monoisotopic (exact) mass is 349 g/mol. The van der Waals surface area contributed by atoms with E-state index in [9.17, 15) is 0 Å². The highest BCUT2D eigenvalue weighted by Crippen LogP contribution is 2.32. The van der Waals surface area contributed by atoms with Crippen LogP contribution in [0.1, 0.15) is 24.6 Å². The Morgan fingerprint density at radius 2 is 2.00 bits per heavy atom. The Labute approximate surface area is 134 Å². The van der Waals surface area contributed by atoms with E-state index in [1.165, 1.54) is 0 Å². The van der Waals surface area contributed by atoms with Crippen LogP contribution in [0.25, 0.3) is 11.4 Å². The molecule has 0 aliphatic heterocycles. The summed E-state index contributed by atoms with van der Waals surface area (Å²) in [5.74, 6) is 2.33. The molecule has 0 unspecified atom stereocenters. The van der Waals surface area contributed by atoms with Gasteiger partial charge in [-0.25, -0.2) is 9.97 Å². The molecule has 0 atom stereocenters. The van der Waals surface area contributed by atoms with Gasteiger partial charge in [-0.05, 0) is 38.5 Å². The number of rotatable bonds is 5. The number of nitrogens with one attached hydrogen (secondary N) is 1. The second-order valence-corrected chi connectivity index (χ2v) is 5.79. The highest BCUT2D eigenvalue weighted by Gasteiger charge is 2.13. The normalized spacial score (nSPS) is 10.5. The van der Waals surface area contributed by atoms with Crippen molar-refractivity contribution < 1.29 is 4.74 Å². The molecule has 5 heteroatoms. The first kappa shape index (κ1) is 15.8. The Morgan fingerprint density at radius 3 is 2.67 bits per heavy atom. The lowest BCUT2D eigenvalue weighted by Gasteiger charge is -2.13. The van der Waals surface area contributed by atoms with E-state index in [0.29, 0.717) is 5.82 Å². The number of hydrogen-bond donors (Lipinski definition) is 1. The molecule has 0 aliphatic rings. The molecule has 0 aliphatic carbocycles. The number of halogens is 1. The molecule has 1 heterocycles. The summed E-state index contributed by atoms with van der Waals surface area (Å²) in [4.78, 5) is 9.28. The van der Waals surface area contributed by atoms with Crippen LogP contribution in [0.3, 0.4) is 0 Å². The lowest BCUT2D eigenvalue weighted by Crippen LogP contribution is -2.07. The Hall–Kier alpha value is -1.62. The molecule has 0 fully saturated rings. The third-order valence-corrected chi connectivity index (χ3v) is 3.83. The minimum Gasteiger partial charge on any atom is -0.496 e. The van der Waals surface area contributed by atoms with Crippen LogP contribution >= 0.6 is 15.9 Å². The molecule has 4 nitrogen and oxygen atoms in total. The quantitative estimate of drug-likeness (QED) is 0.871. The van der Waals surface area contributed by atoms with Crippen molar-refractivity contribution in [3.05, 3.63) is 33.9 Å². The molecule has 0 spiro atoms. The molecule has 112 valence electrons. The van der Waals surface area contributed by atoms with Gasteiger partial charge >= 0.3 is 0 Å². The number of benzene rings is 1. The Bertz CT molecular complexity index is 644. The predicted molar refractivity (Wildman–Crippen MR) is 90.0 cm³/mol. The fourth-order valence-corrected chi connectivity index (χ4v) is 2.38. The van der Waals surface area contributed by atoms with Gasteiger partial charge in [-0.2, -0.15) is 0 Å². The van der Waals surface area contributed by atoms with Crippen LogP contribution in [0.15, 0.2) is 22.7 Å². The van der Waals surface area contributed by atoms with Crippen LogP contribution in [-0.4, -0.2) is 23.6 Å². The van der Waals surface area contributed by atoms with E-state index in [4.69, 9.17) is 4.74 Å². The maximum absolute atomic E-state index is 5.42. The smallest absolute Gasteiger partial charge is 0.165 e. The van der Waals surface area contributed by atoms with Gasteiger partial charge in [0.2, 0.25) is 0 Å². The number of ether oxygens (including phenoxy) is 1. The number of hydrogen-bond acceptors (Lipinski definition) is 4. The lowest BCUT2D eigenvalue weighted by atomic mass is 10.1. The van der Waals surface area contributed by atoms with E-state index in [1.54, 1.807) is 7.11 Å². The average molecular weight is 350 g/mol. The largest absolute Gasteiger partial charge is 0.496 e. The maximum Gasteiger partial charge on any atom is 0.165 e.